The molecule has 0 aromatic heterocycles. The lowest BCUT2D eigenvalue weighted by atomic mass is 10.3. The zero-order valence-corrected chi connectivity index (χ0v) is 7.03. The Morgan fingerprint density at radius 3 is 2.38 bits per heavy atom. The fourth-order valence-corrected chi connectivity index (χ4v) is 0.595. The van der Waals surface area contributed by atoms with E-state index in [-0.39, 0.29) is 0 Å². The van der Waals surface area contributed by atoms with E-state index in [1.165, 1.54) is 6.92 Å². The van der Waals surface area contributed by atoms with E-state index in [1.807, 2.05) is 0 Å². The molecule has 1 atom stereocenters. The maximum atomic E-state index is 10.9. The third kappa shape index (κ3) is 5.48. The summed E-state index contributed by atoms with van der Waals surface area (Å²) < 4.78 is 0. The molecule has 0 aromatic rings. The summed E-state index contributed by atoms with van der Waals surface area (Å²) >= 11 is 0. The Hall–Kier alpha value is -1.79. The highest BCUT2D eigenvalue weighted by molar-refractivity contribution is 5.88. The van der Waals surface area contributed by atoms with Gasteiger partial charge in [-0.2, -0.15) is 0 Å². The Labute approximate surface area is 74.3 Å². The van der Waals surface area contributed by atoms with Crippen LogP contribution in [0.5, 0.6) is 0 Å². The second-order valence-corrected chi connectivity index (χ2v) is 2.34. The standard InChI is InChI=1S/C6H11N3O4/c1-3(9-6(7)13)5(12)8-2-4(10)11/h3H,2H2,1H3,(H,8,12)(H,10,11)(H3,7,9,13). The fraction of sp³-hybridized carbons (Fsp3) is 0.500. The lowest BCUT2D eigenvalue weighted by molar-refractivity contribution is -0.138. The molecule has 0 fully saturated rings. The van der Waals surface area contributed by atoms with Gasteiger partial charge >= 0.3 is 12.0 Å². The number of primary amides is 1. The zero-order chi connectivity index (χ0) is 10.4. The number of carboxylic acid groups (broad SMARTS) is 1. The van der Waals surface area contributed by atoms with Crippen LogP contribution in [0.3, 0.4) is 0 Å². The van der Waals surface area contributed by atoms with E-state index >= 15 is 0 Å². The van der Waals surface area contributed by atoms with Gasteiger partial charge in [-0.1, -0.05) is 0 Å². The Kier molecular flexibility index (Phi) is 4.28. The molecule has 0 spiro atoms. The Morgan fingerprint density at radius 1 is 1.46 bits per heavy atom. The van der Waals surface area contributed by atoms with Crippen LogP contribution in [0.15, 0.2) is 0 Å². The van der Waals surface area contributed by atoms with Crippen LogP contribution in [0.4, 0.5) is 4.79 Å². The minimum atomic E-state index is -1.15. The molecular weight excluding hydrogens is 178 g/mol. The number of urea groups is 1. The summed E-state index contributed by atoms with van der Waals surface area (Å²) in [5, 5.41) is 12.4. The van der Waals surface area contributed by atoms with Crippen molar-refractivity contribution < 1.29 is 19.5 Å². The van der Waals surface area contributed by atoms with Crippen LogP contribution >= 0.6 is 0 Å². The molecular formula is C6H11N3O4. The van der Waals surface area contributed by atoms with Crippen molar-refractivity contribution in [3.63, 3.8) is 0 Å². The minimum Gasteiger partial charge on any atom is -0.480 e. The van der Waals surface area contributed by atoms with Crippen molar-refractivity contribution in [2.45, 2.75) is 13.0 Å². The number of carboxylic acids is 1. The molecule has 5 N–H and O–H groups in total. The first kappa shape index (κ1) is 11.2. The predicted octanol–water partition coefficient (Wildman–Crippen LogP) is -1.76. The minimum absolute atomic E-state index is 0.483. The molecule has 0 aromatic carbocycles. The SMILES string of the molecule is CC(NC(N)=O)C(=O)NCC(=O)O. The lowest BCUT2D eigenvalue weighted by Crippen LogP contribution is -2.47. The van der Waals surface area contributed by atoms with E-state index in [2.05, 4.69) is 10.6 Å². The number of carbonyl (C=O) groups is 3. The molecule has 3 amide bonds. The van der Waals surface area contributed by atoms with Gasteiger partial charge in [-0.25, -0.2) is 4.79 Å². The van der Waals surface area contributed by atoms with Crippen molar-refractivity contribution in [2.75, 3.05) is 6.54 Å². The number of amides is 3. The molecule has 7 heteroatoms. The van der Waals surface area contributed by atoms with Crippen LogP contribution in [-0.2, 0) is 9.59 Å². The zero-order valence-electron chi connectivity index (χ0n) is 7.03. The van der Waals surface area contributed by atoms with Crippen LogP contribution in [-0.4, -0.2) is 35.6 Å². The second-order valence-electron chi connectivity index (χ2n) is 2.34. The second kappa shape index (κ2) is 4.96. The van der Waals surface area contributed by atoms with Crippen molar-refractivity contribution in [2.24, 2.45) is 5.73 Å². The molecule has 7 nitrogen and oxygen atoms in total. The monoisotopic (exact) mass is 189 g/mol. The molecule has 0 rings (SSSR count). The van der Waals surface area contributed by atoms with Crippen LogP contribution in [0.2, 0.25) is 0 Å². The first-order valence-electron chi connectivity index (χ1n) is 3.49. The van der Waals surface area contributed by atoms with Gasteiger partial charge in [-0.05, 0) is 6.92 Å². The Balaban J connectivity index is 3.82. The molecule has 0 heterocycles. The number of nitrogens with two attached hydrogens (primary N) is 1. The third-order valence-corrected chi connectivity index (χ3v) is 1.17. The predicted molar refractivity (Wildman–Crippen MR) is 42.8 cm³/mol. The summed E-state index contributed by atoms with van der Waals surface area (Å²) in [5.74, 6) is -1.75. The van der Waals surface area contributed by atoms with Crippen molar-refractivity contribution in [3.8, 4) is 0 Å². The van der Waals surface area contributed by atoms with Gasteiger partial charge in [0, 0.05) is 0 Å². The van der Waals surface area contributed by atoms with Crippen molar-refractivity contribution in [3.05, 3.63) is 0 Å². The van der Waals surface area contributed by atoms with Gasteiger partial charge in [0.1, 0.15) is 12.6 Å². The summed E-state index contributed by atoms with van der Waals surface area (Å²) in [4.78, 5) is 31.2. The van der Waals surface area contributed by atoms with Crippen LogP contribution in [0.25, 0.3) is 0 Å². The smallest absolute Gasteiger partial charge is 0.322 e. The third-order valence-electron chi connectivity index (χ3n) is 1.17. The molecule has 0 saturated carbocycles. The number of hydrogen-bond donors (Lipinski definition) is 4. The van der Waals surface area contributed by atoms with E-state index < -0.39 is 30.5 Å². The topological polar surface area (TPSA) is 122 Å². The largest absolute Gasteiger partial charge is 0.480 e. The molecule has 0 radical (unpaired) electrons. The summed E-state index contributed by atoms with van der Waals surface area (Å²) in [6.45, 7) is 0.908. The number of aliphatic carboxylic acids is 1. The highest BCUT2D eigenvalue weighted by atomic mass is 16.4. The van der Waals surface area contributed by atoms with Gasteiger partial charge in [0.15, 0.2) is 0 Å². The molecule has 0 saturated heterocycles. The van der Waals surface area contributed by atoms with E-state index in [1.54, 1.807) is 0 Å². The number of rotatable bonds is 4. The highest BCUT2D eigenvalue weighted by Gasteiger charge is 2.13. The Bertz CT molecular complexity index is 228. The summed E-state index contributed by atoms with van der Waals surface area (Å²) in [6.07, 6.45) is 0. The van der Waals surface area contributed by atoms with Gasteiger partial charge in [0.05, 0.1) is 0 Å². The average Bonchev–Trinajstić information content (AvgIpc) is 1.98. The van der Waals surface area contributed by atoms with Crippen LogP contribution in [0, 0.1) is 0 Å². The normalized spacial score (nSPS) is 11.5. The van der Waals surface area contributed by atoms with Crippen molar-refractivity contribution in [1.29, 1.82) is 0 Å². The van der Waals surface area contributed by atoms with Crippen LogP contribution in [0.1, 0.15) is 6.92 Å². The van der Waals surface area contributed by atoms with E-state index in [4.69, 9.17) is 10.8 Å². The van der Waals surface area contributed by atoms with E-state index in [9.17, 15) is 14.4 Å². The van der Waals surface area contributed by atoms with Crippen molar-refractivity contribution in [1.82, 2.24) is 10.6 Å². The molecule has 13 heavy (non-hydrogen) atoms. The number of carbonyl (C=O) groups excluding carboxylic acids is 2. The maximum Gasteiger partial charge on any atom is 0.322 e. The number of nitrogens with one attached hydrogen (secondary N) is 2. The van der Waals surface area contributed by atoms with Gasteiger partial charge in [0.2, 0.25) is 5.91 Å². The van der Waals surface area contributed by atoms with Gasteiger partial charge < -0.3 is 21.5 Å². The van der Waals surface area contributed by atoms with Crippen LogP contribution < -0.4 is 16.4 Å². The summed E-state index contributed by atoms with van der Waals surface area (Å²) in [5.41, 5.74) is 4.74. The van der Waals surface area contributed by atoms with Gasteiger partial charge in [-0.3, -0.25) is 9.59 Å². The van der Waals surface area contributed by atoms with Crippen molar-refractivity contribution >= 4 is 17.9 Å². The maximum absolute atomic E-state index is 10.9. The fourth-order valence-electron chi connectivity index (χ4n) is 0.595. The first-order valence-corrected chi connectivity index (χ1v) is 3.49. The lowest BCUT2D eigenvalue weighted by Gasteiger charge is -2.10. The quantitative estimate of drug-likeness (QED) is 0.418. The highest BCUT2D eigenvalue weighted by Crippen LogP contribution is 1.80. The van der Waals surface area contributed by atoms with E-state index in [0.29, 0.717) is 0 Å². The molecule has 1 unspecified atom stereocenters. The van der Waals surface area contributed by atoms with Gasteiger partial charge in [-0.15, -0.1) is 0 Å². The molecule has 0 aliphatic heterocycles. The average molecular weight is 189 g/mol. The molecule has 0 bridgehead atoms. The summed E-state index contributed by atoms with van der Waals surface area (Å²) in [6, 6.07) is -1.67. The number of hydrogen-bond acceptors (Lipinski definition) is 3. The molecule has 0 aliphatic rings. The molecule has 0 aliphatic carbocycles. The Morgan fingerprint density at radius 2 is 2.00 bits per heavy atom. The first-order chi connectivity index (χ1) is 5.93. The summed E-state index contributed by atoms with van der Waals surface area (Å²) in [7, 11) is 0. The van der Waals surface area contributed by atoms with Gasteiger partial charge in [0.25, 0.3) is 0 Å². The molecule has 74 valence electrons. The van der Waals surface area contributed by atoms with E-state index in [0.717, 1.165) is 0 Å².